The first-order valence-corrected chi connectivity index (χ1v) is 9.98. The molecule has 2 aromatic carbocycles. The van der Waals surface area contributed by atoms with Gasteiger partial charge in [-0.15, -0.1) is 0 Å². The van der Waals surface area contributed by atoms with Gasteiger partial charge in [-0.2, -0.15) is 0 Å². The maximum atomic E-state index is 12.7. The molecule has 0 aliphatic carbocycles. The Kier molecular flexibility index (Phi) is 5.18. The van der Waals surface area contributed by atoms with Crippen LogP contribution in [0.3, 0.4) is 0 Å². The first-order valence-electron chi connectivity index (χ1n) is 8.50. The summed E-state index contributed by atoms with van der Waals surface area (Å²) in [6, 6.07) is 12.0. The highest BCUT2D eigenvalue weighted by molar-refractivity contribution is 7.92. The van der Waals surface area contributed by atoms with Crippen LogP contribution in [0.1, 0.15) is 24.5 Å². The van der Waals surface area contributed by atoms with Crippen molar-refractivity contribution in [2.45, 2.75) is 31.2 Å². The van der Waals surface area contributed by atoms with Crippen LogP contribution in [-0.4, -0.2) is 32.9 Å². The summed E-state index contributed by atoms with van der Waals surface area (Å²) in [7, 11) is -2.34. The third-order valence-corrected chi connectivity index (χ3v) is 5.91. The molecule has 0 unspecified atom stereocenters. The number of carbonyl (C=O) groups is 1. The predicted octanol–water partition coefficient (Wildman–Crippen LogP) is 2.79. The average Bonchev–Trinajstić information content (AvgIpc) is 2.66. The summed E-state index contributed by atoms with van der Waals surface area (Å²) in [5.41, 5.74) is 2.59. The minimum atomic E-state index is -3.77. The fourth-order valence-electron chi connectivity index (χ4n) is 3.11. The lowest BCUT2D eigenvalue weighted by atomic mass is 9.99. The maximum absolute atomic E-state index is 12.7. The van der Waals surface area contributed by atoms with Crippen molar-refractivity contribution in [1.29, 1.82) is 0 Å². The Bertz CT molecular complexity index is 925. The Balaban J connectivity index is 1.86. The van der Waals surface area contributed by atoms with Crippen LogP contribution in [0.2, 0.25) is 0 Å². The highest BCUT2D eigenvalue weighted by atomic mass is 32.2. The lowest BCUT2D eigenvalue weighted by Crippen LogP contribution is -2.35. The monoisotopic (exact) mass is 374 g/mol. The second-order valence-electron chi connectivity index (χ2n) is 6.16. The van der Waals surface area contributed by atoms with Crippen molar-refractivity contribution in [1.82, 2.24) is 4.90 Å². The third kappa shape index (κ3) is 3.67. The molecule has 0 saturated heterocycles. The second-order valence-corrected chi connectivity index (χ2v) is 7.81. The fourth-order valence-corrected chi connectivity index (χ4v) is 4.33. The van der Waals surface area contributed by atoms with Crippen molar-refractivity contribution >= 4 is 21.6 Å². The maximum Gasteiger partial charge on any atom is 0.265 e. The molecule has 1 amide bonds. The summed E-state index contributed by atoms with van der Waals surface area (Å²) in [6.45, 7) is 3.05. The number of nitrogens with zero attached hydrogens (tertiary/aromatic N) is 1. The zero-order chi connectivity index (χ0) is 18.7. The number of anilines is 1. The van der Waals surface area contributed by atoms with Gasteiger partial charge in [0.2, 0.25) is 5.91 Å². The predicted molar refractivity (Wildman–Crippen MR) is 99.7 cm³/mol. The van der Waals surface area contributed by atoms with E-state index in [1.54, 1.807) is 35.2 Å². The number of nitrogens with one attached hydrogen (secondary N) is 1. The van der Waals surface area contributed by atoms with Gasteiger partial charge in [0.15, 0.2) is 0 Å². The first-order chi connectivity index (χ1) is 12.4. The van der Waals surface area contributed by atoms with Gasteiger partial charge >= 0.3 is 0 Å². The number of ether oxygens (including phenoxy) is 1. The third-order valence-electron chi connectivity index (χ3n) is 4.48. The molecule has 6 nitrogen and oxygen atoms in total. The standard InChI is InChI=1S/C19H22N2O4S/c1-3-19(22)21-11-10-14-8-9-16(12-15(14)13-21)20-26(23,24)18-7-5-4-6-17(18)25-2/h4-9,12,20H,3,10-11,13H2,1-2H3. The van der Waals surface area contributed by atoms with Crippen LogP contribution in [0, 0.1) is 0 Å². The van der Waals surface area contributed by atoms with E-state index in [0.717, 1.165) is 17.5 Å². The topological polar surface area (TPSA) is 75.7 Å². The molecule has 3 rings (SSSR count). The molecular weight excluding hydrogens is 352 g/mol. The Morgan fingerprint density at radius 1 is 1.19 bits per heavy atom. The van der Waals surface area contributed by atoms with Crippen molar-refractivity contribution in [3.63, 3.8) is 0 Å². The molecule has 0 spiro atoms. The molecule has 1 heterocycles. The van der Waals surface area contributed by atoms with Crippen LogP contribution in [0.4, 0.5) is 5.69 Å². The Morgan fingerprint density at radius 3 is 2.69 bits per heavy atom. The van der Waals surface area contributed by atoms with Crippen LogP contribution in [-0.2, 0) is 27.8 Å². The van der Waals surface area contributed by atoms with Crippen molar-refractivity contribution in [2.75, 3.05) is 18.4 Å². The minimum absolute atomic E-state index is 0.0861. The summed E-state index contributed by atoms with van der Waals surface area (Å²) in [5.74, 6) is 0.397. The molecule has 0 saturated carbocycles. The van der Waals surface area contributed by atoms with Gasteiger partial charge in [-0.3, -0.25) is 9.52 Å². The van der Waals surface area contributed by atoms with E-state index < -0.39 is 10.0 Å². The largest absolute Gasteiger partial charge is 0.495 e. The number of methoxy groups -OCH3 is 1. The highest BCUT2D eigenvalue weighted by Crippen LogP contribution is 2.27. The molecule has 1 aliphatic rings. The van der Waals surface area contributed by atoms with Crippen molar-refractivity contribution in [3.05, 3.63) is 53.6 Å². The summed E-state index contributed by atoms with van der Waals surface area (Å²) < 4.78 is 33.2. The molecule has 0 aromatic heterocycles. The van der Waals surface area contributed by atoms with Gasteiger partial charge in [0.1, 0.15) is 10.6 Å². The van der Waals surface area contributed by atoms with Crippen molar-refractivity contribution < 1.29 is 17.9 Å². The van der Waals surface area contributed by atoms with Gasteiger partial charge in [-0.1, -0.05) is 25.1 Å². The number of hydrogen-bond acceptors (Lipinski definition) is 4. The highest BCUT2D eigenvalue weighted by Gasteiger charge is 2.22. The lowest BCUT2D eigenvalue weighted by molar-refractivity contribution is -0.131. The van der Waals surface area contributed by atoms with Crippen LogP contribution in [0.5, 0.6) is 5.75 Å². The molecule has 7 heteroatoms. The normalized spacial score (nSPS) is 13.8. The van der Waals surface area contributed by atoms with Crippen LogP contribution in [0.15, 0.2) is 47.4 Å². The lowest BCUT2D eigenvalue weighted by Gasteiger charge is -2.29. The molecule has 138 valence electrons. The van der Waals surface area contributed by atoms with Gasteiger partial charge < -0.3 is 9.64 Å². The number of fused-ring (bicyclic) bond motifs is 1. The van der Waals surface area contributed by atoms with Crippen molar-refractivity contribution in [2.24, 2.45) is 0 Å². The number of hydrogen-bond donors (Lipinski definition) is 1. The molecule has 0 fully saturated rings. The number of benzene rings is 2. The van der Waals surface area contributed by atoms with E-state index in [4.69, 9.17) is 4.74 Å². The Morgan fingerprint density at radius 2 is 1.96 bits per heavy atom. The second kappa shape index (κ2) is 7.37. The number of para-hydroxylation sites is 1. The zero-order valence-electron chi connectivity index (χ0n) is 14.9. The molecule has 1 N–H and O–H groups in total. The Hall–Kier alpha value is -2.54. The van der Waals surface area contributed by atoms with E-state index >= 15 is 0 Å². The quantitative estimate of drug-likeness (QED) is 0.873. The molecule has 1 aliphatic heterocycles. The van der Waals surface area contributed by atoms with Crippen LogP contribution >= 0.6 is 0 Å². The molecular formula is C19H22N2O4S. The number of amides is 1. The van der Waals surface area contributed by atoms with Gasteiger partial charge in [0, 0.05) is 25.2 Å². The minimum Gasteiger partial charge on any atom is -0.495 e. The molecule has 26 heavy (non-hydrogen) atoms. The molecule has 0 atom stereocenters. The zero-order valence-corrected chi connectivity index (χ0v) is 15.7. The Labute approximate surface area is 153 Å². The van der Waals surface area contributed by atoms with Gasteiger partial charge in [-0.05, 0) is 41.8 Å². The summed E-state index contributed by atoms with van der Waals surface area (Å²) in [4.78, 5) is 13.8. The average molecular weight is 374 g/mol. The number of sulfonamides is 1. The smallest absolute Gasteiger partial charge is 0.265 e. The van der Waals surface area contributed by atoms with E-state index in [-0.39, 0.29) is 16.6 Å². The molecule has 0 bridgehead atoms. The summed E-state index contributed by atoms with van der Waals surface area (Å²) in [6.07, 6.45) is 1.25. The van der Waals surface area contributed by atoms with E-state index in [9.17, 15) is 13.2 Å². The first kappa shape index (κ1) is 18.3. The molecule has 0 radical (unpaired) electrons. The van der Waals surface area contributed by atoms with Crippen LogP contribution < -0.4 is 9.46 Å². The number of carbonyl (C=O) groups excluding carboxylic acids is 1. The van der Waals surface area contributed by atoms with E-state index in [1.165, 1.54) is 13.2 Å². The van der Waals surface area contributed by atoms with Crippen LogP contribution in [0.25, 0.3) is 0 Å². The molecule has 2 aromatic rings. The fraction of sp³-hybridized carbons (Fsp3) is 0.316. The van der Waals surface area contributed by atoms with E-state index in [2.05, 4.69) is 4.72 Å². The van der Waals surface area contributed by atoms with E-state index in [1.807, 2.05) is 13.0 Å². The summed E-state index contributed by atoms with van der Waals surface area (Å²) in [5, 5.41) is 0. The van der Waals surface area contributed by atoms with Gasteiger partial charge in [0.25, 0.3) is 10.0 Å². The van der Waals surface area contributed by atoms with Gasteiger partial charge in [0.05, 0.1) is 7.11 Å². The van der Waals surface area contributed by atoms with Crippen molar-refractivity contribution in [3.8, 4) is 5.75 Å². The summed E-state index contributed by atoms with van der Waals surface area (Å²) >= 11 is 0. The SMILES string of the molecule is CCC(=O)N1CCc2ccc(NS(=O)(=O)c3ccccc3OC)cc2C1. The van der Waals surface area contributed by atoms with Gasteiger partial charge in [-0.25, -0.2) is 8.42 Å². The number of rotatable bonds is 5. The van der Waals surface area contributed by atoms with E-state index in [0.29, 0.717) is 25.2 Å².